The average molecular weight is 881 g/mol. The van der Waals surface area contributed by atoms with Gasteiger partial charge in [0.2, 0.25) is 35.4 Å². The maximum atomic E-state index is 13.7. The van der Waals surface area contributed by atoms with Gasteiger partial charge in [0.1, 0.15) is 36.3 Å². The molecule has 6 amide bonds. The number of aliphatic carboxylic acids is 1. The minimum absolute atomic E-state index is 0.0723. The highest BCUT2D eigenvalue weighted by Gasteiger charge is 2.33. The van der Waals surface area contributed by atoms with Crippen LogP contribution in [0, 0.1) is 5.92 Å². The van der Waals surface area contributed by atoms with E-state index in [0.717, 1.165) is 0 Å². The molecular formula is C35H68N12O8S3. The van der Waals surface area contributed by atoms with Crippen LogP contribution in [0.3, 0.4) is 0 Å². The van der Waals surface area contributed by atoms with Crippen LogP contribution < -0.4 is 60.6 Å². The van der Waals surface area contributed by atoms with Crippen molar-refractivity contribution in [3.05, 3.63) is 0 Å². The van der Waals surface area contributed by atoms with E-state index in [1.807, 2.05) is 20.1 Å². The predicted molar refractivity (Wildman–Crippen MR) is 233 cm³/mol. The summed E-state index contributed by atoms with van der Waals surface area (Å²) < 4.78 is 0. The number of nitrogens with zero attached hydrogens (tertiary/aromatic N) is 1. The van der Waals surface area contributed by atoms with Gasteiger partial charge in [-0.3, -0.25) is 33.8 Å². The molecule has 0 radical (unpaired) electrons. The zero-order chi connectivity index (χ0) is 44.2. The number of amides is 6. The van der Waals surface area contributed by atoms with Crippen molar-refractivity contribution in [2.45, 2.75) is 120 Å². The van der Waals surface area contributed by atoms with Gasteiger partial charge < -0.3 is 65.7 Å². The summed E-state index contributed by atoms with van der Waals surface area (Å²) in [6.45, 7) is 4.58. The van der Waals surface area contributed by atoms with Gasteiger partial charge in [-0.05, 0) is 88.8 Å². The van der Waals surface area contributed by atoms with Crippen molar-refractivity contribution in [2.75, 3.05) is 43.1 Å². The first-order valence-electron chi connectivity index (χ1n) is 19.4. The number of rotatable bonds is 32. The van der Waals surface area contributed by atoms with Crippen molar-refractivity contribution in [1.29, 1.82) is 0 Å². The van der Waals surface area contributed by atoms with Crippen LogP contribution in [0.25, 0.3) is 0 Å². The van der Waals surface area contributed by atoms with E-state index >= 15 is 0 Å². The maximum absolute atomic E-state index is 13.7. The Kier molecular flexibility index (Phi) is 29.5. The normalized spacial score (nSPS) is 14.7. The highest BCUT2D eigenvalue weighted by atomic mass is 32.2. The molecule has 0 rings (SSSR count). The van der Waals surface area contributed by atoms with Crippen molar-refractivity contribution in [1.82, 2.24) is 31.9 Å². The highest BCUT2D eigenvalue weighted by molar-refractivity contribution is 7.98. The van der Waals surface area contributed by atoms with E-state index in [0.29, 0.717) is 57.4 Å². The van der Waals surface area contributed by atoms with E-state index < -0.39 is 83.7 Å². The summed E-state index contributed by atoms with van der Waals surface area (Å²) in [7, 11) is 0. The number of thioether (sulfide) groups is 1. The summed E-state index contributed by atoms with van der Waals surface area (Å²) in [5, 5.41) is 25.1. The van der Waals surface area contributed by atoms with E-state index in [9.17, 15) is 38.7 Å². The number of thiol groups is 2. The van der Waals surface area contributed by atoms with Crippen molar-refractivity contribution < 1.29 is 38.7 Å². The van der Waals surface area contributed by atoms with Gasteiger partial charge in [-0.15, -0.1) is 0 Å². The molecule has 334 valence electrons. The van der Waals surface area contributed by atoms with Crippen LogP contribution in [0.2, 0.25) is 0 Å². The third kappa shape index (κ3) is 23.2. The van der Waals surface area contributed by atoms with E-state index in [1.165, 1.54) is 11.8 Å². The molecule has 0 fully saturated rings. The van der Waals surface area contributed by atoms with E-state index in [-0.39, 0.29) is 55.6 Å². The van der Waals surface area contributed by atoms with Crippen LogP contribution in [0.5, 0.6) is 0 Å². The second-order valence-electron chi connectivity index (χ2n) is 14.1. The molecule has 0 aromatic heterocycles. The van der Waals surface area contributed by atoms with E-state index in [4.69, 9.17) is 28.7 Å². The van der Waals surface area contributed by atoms with Gasteiger partial charge in [-0.1, -0.05) is 20.3 Å². The van der Waals surface area contributed by atoms with Gasteiger partial charge in [0.05, 0.1) is 6.04 Å². The number of carbonyl (C=O) groups is 7. The van der Waals surface area contributed by atoms with Gasteiger partial charge in [0.25, 0.3) is 0 Å². The summed E-state index contributed by atoms with van der Waals surface area (Å²) in [5.41, 5.74) is 28.1. The van der Waals surface area contributed by atoms with E-state index in [2.05, 4.69) is 62.2 Å². The van der Waals surface area contributed by atoms with Gasteiger partial charge in [-0.2, -0.15) is 37.0 Å². The van der Waals surface area contributed by atoms with Gasteiger partial charge in [-0.25, -0.2) is 4.79 Å². The fraction of sp³-hybridized carbons (Fsp3) is 0.771. The predicted octanol–water partition coefficient (Wildman–Crippen LogP) is -2.72. The zero-order valence-electron chi connectivity index (χ0n) is 33.9. The van der Waals surface area contributed by atoms with Crippen molar-refractivity contribution >= 4 is 84.4 Å². The van der Waals surface area contributed by atoms with Crippen LogP contribution >= 0.6 is 37.0 Å². The number of nitrogens with one attached hydrogen (secondary N) is 6. The second-order valence-corrected chi connectivity index (χ2v) is 15.8. The Labute approximate surface area is 356 Å². The lowest BCUT2D eigenvalue weighted by Gasteiger charge is -2.27. The largest absolute Gasteiger partial charge is 0.480 e. The van der Waals surface area contributed by atoms with Gasteiger partial charge in [0.15, 0.2) is 5.96 Å². The van der Waals surface area contributed by atoms with Crippen LogP contribution in [0.15, 0.2) is 4.99 Å². The Bertz CT molecular complexity index is 1330. The standard InChI is InChI=1S/C35H68N12O8S3/c1-20(2)17-25(31(51)44-24(34(54)55)12-16-58-3)45-32(52)26(18-56)47-33(53)27(19-57)46-30(50)22(10-5-7-14-37)43-29(49)23(11-8-15-41-35(39)40)42-28(48)21(38)9-4-6-13-36/h20-27,56-57H,4-19,36-38H2,1-3H3,(H,42,48)(H,43,49)(H,44,51)(H,45,52)(H,46,50)(H,47,53)(H,54,55)(H4,39,40,41). The molecular weight excluding hydrogens is 813 g/mol. The molecule has 0 aromatic rings. The number of nitrogens with two attached hydrogens (primary N) is 5. The smallest absolute Gasteiger partial charge is 0.326 e. The molecule has 0 saturated carbocycles. The first kappa shape index (κ1) is 54.5. The second kappa shape index (κ2) is 31.4. The number of carboxylic acids is 1. The van der Waals surface area contributed by atoms with Crippen LogP contribution in [0.4, 0.5) is 0 Å². The number of unbranched alkanes of at least 4 members (excludes halogenated alkanes) is 2. The molecule has 0 spiro atoms. The number of carbonyl (C=O) groups excluding carboxylic acids is 6. The molecule has 23 heteroatoms. The third-order valence-corrected chi connectivity index (χ3v) is 10.0. The third-order valence-electron chi connectivity index (χ3n) is 8.66. The van der Waals surface area contributed by atoms with E-state index in [1.54, 1.807) is 0 Å². The fourth-order valence-corrected chi connectivity index (χ4v) is 6.38. The molecule has 17 N–H and O–H groups in total. The molecule has 58 heavy (non-hydrogen) atoms. The topological polar surface area (TPSA) is 354 Å². The quantitative estimate of drug-likeness (QED) is 0.0141. The van der Waals surface area contributed by atoms with Crippen LogP contribution in [-0.4, -0.2) is 138 Å². The first-order chi connectivity index (χ1) is 27.4. The molecule has 0 heterocycles. The molecule has 20 nitrogen and oxygen atoms in total. The molecule has 0 aliphatic rings. The molecule has 0 aliphatic carbocycles. The molecule has 0 aliphatic heterocycles. The monoisotopic (exact) mass is 880 g/mol. The maximum Gasteiger partial charge on any atom is 0.326 e. The Hall–Kier alpha value is -3.51. The lowest BCUT2D eigenvalue weighted by Crippen LogP contribution is -2.60. The average Bonchev–Trinajstić information content (AvgIpc) is 3.17. The Morgan fingerprint density at radius 1 is 0.603 bits per heavy atom. The lowest BCUT2D eigenvalue weighted by molar-refractivity contribution is -0.142. The summed E-state index contributed by atoms with van der Waals surface area (Å²) >= 11 is 9.87. The lowest BCUT2D eigenvalue weighted by atomic mass is 10.0. The first-order valence-corrected chi connectivity index (χ1v) is 22.1. The number of carboxylic acid groups (broad SMARTS) is 1. The molecule has 0 saturated heterocycles. The van der Waals surface area contributed by atoms with Crippen LogP contribution in [-0.2, 0) is 33.6 Å². The van der Waals surface area contributed by atoms with Gasteiger partial charge in [0, 0.05) is 18.1 Å². The van der Waals surface area contributed by atoms with Crippen LogP contribution in [0.1, 0.15) is 78.1 Å². The van der Waals surface area contributed by atoms with Crippen molar-refractivity contribution in [3.63, 3.8) is 0 Å². The summed E-state index contributed by atoms with van der Waals surface area (Å²) in [6.07, 6.45) is 5.27. The number of aliphatic imine (C=N–C) groups is 1. The molecule has 0 bridgehead atoms. The number of guanidine groups is 1. The minimum Gasteiger partial charge on any atom is -0.480 e. The summed E-state index contributed by atoms with van der Waals surface area (Å²) in [6, 6.07) is -8.02. The summed E-state index contributed by atoms with van der Waals surface area (Å²) in [4.78, 5) is 95.9. The van der Waals surface area contributed by atoms with Crippen molar-refractivity contribution in [2.24, 2.45) is 39.6 Å². The zero-order valence-corrected chi connectivity index (χ0v) is 36.5. The summed E-state index contributed by atoms with van der Waals surface area (Å²) in [5.74, 6) is -5.58. The Morgan fingerprint density at radius 3 is 1.47 bits per heavy atom. The molecule has 7 unspecified atom stereocenters. The Balaban J connectivity index is 6.02. The number of hydrogen-bond donors (Lipinski definition) is 14. The number of hydrogen-bond acceptors (Lipinski definition) is 14. The molecule has 7 atom stereocenters. The molecule has 0 aromatic carbocycles. The SMILES string of the molecule is CSCCC(NC(=O)C(CC(C)C)NC(=O)C(CS)NC(=O)C(CS)NC(=O)C(CCCCN)NC(=O)C(CCCN=C(N)N)NC(=O)C(N)CCCCN)C(=O)O. The fourth-order valence-electron chi connectivity index (χ4n) is 5.40. The highest BCUT2D eigenvalue weighted by Crippen LogP contribution is 2.10. The minimum atomic E-state index is -1.29. The Morgan fingerprint density at radius 2 is 1.02 bits per heavy atom. The van der Waals surface area contributed by atoms with Crippen molar-refractivity contribution in [3.8, 4) is 0 Å². The van der Waals surface area contributed by atoms with Gasteiger partial charge >= 0.3 is 5.97 Å².